The summed E-state index contributed by atoms with van der Waals surface area (Å²) in [5, 5.41) is 0. The van der Waals surface area contributed by atoms with Crippen LogP contribution in [0.2, 0.25) is 0 Å². The van der Waals surface area contributed by atoms with Gasteiger partial charge < -0.3 is 15.2 Å². The largest absolute Gasteiger partial charge is 0.381 e. The summed E-state index contributed by atoms with van der Waals surface area (Å²) in [6, 6.07) is 0.349. The minimum Gasteiger partial charge on any atom is -0.381 e. The highest BCUT2D eigenvalue weighted by Gasteiger charge is 2.21. The number of hydrogen-bond donors (Lipinski definition) is 1. The molecule has 16 heavy (non-hydrogen) atoms. The lowest BCUT2D eigenvalue weighted by Crippen LogP contribution is -2.28. The quantitative estimate of drug-likeness (QED) is 0.682. The van der Waals surface area contributed by atoms with Crippen molar-refractivity contribution in [3.63, 3.8) is 0 Å². The molecule has 1 aliphatic carbocycles. The SMILES string of the molecule is CCC(N)CCCOC1CCCC(OC)C1. The van der Waals surface area contributed by atoms with Crippen molar-refractivity contribution in [2.45, 2.75) is 70.1 Å². The molecule has 3 unspecified atom stereocenters. The predicted octanol–water partition coefficient (Wildman–Crippen LogP) is 2.48. The van der Waals surface area contributed by atoms with Crippen molar-refractivity contribution in [3.8, 4) is 0 Å². The molecular formula is C13H27NO2. The Hall–Kier alpha value is -0.120. The minimum absolute atomic E-state index is 0.349. The minimum atomic E-state index is 0.349. The lowest BCUT2D eigenvalue weighted by Gasteiger charge is -2.28. The van der Waals surface area contributed by atoms with Crippen LogP contribution in [-0.2, 0) is 9.47 Å². The Balaban J connectivity index is 2.04. The first-order valence-electron chi connectivity index (χ1n) is 6.66. The number of rotatable bonds is 7. The Labute approximate surface area is 99.7 Å². The third kappa shape index (κ3) is 5.28. The van der Waals surface area contributed by atoms with E-state index in [4.69, 9.17) is 15.2 Å². The molecule has 96 valence electrons. The molecule has 1 rings (SSSR count). The summed E-state index contributed by atoms with van der Waals surface area (Å²) >= 11 is 0. The molecule has 1 aliphatic rings. The Bertz CT molecular complexity index is 175. The van der Waals surface area contributed by atoms with Gasteiger partial charge in [0.2, 0.25) is 0 Å². The average Bonchev–Trinajstić information content (AvgIpc) is 2.34. The highest BCUT2D eigenvalue weighted by Crippen LogP contribution is 2.23. The summed E-state index contributed by atoms with van der Waals surface area (Å²) < 4.78 is 11.3. The maximum atomic E-state index is 5.87. The van der Waals surface area contributed by atoms with E-state index in [0.717, 1.165) is 32.3 Å². The molecule has 2 N–H and O–H groups in total. The zero-order valence-corrected chi connectivity index (χ0v) is 10.8. The molecule has 0 aromatic carbocycles. The van der Waals surface area contributed by atoms with Gasteiger partial charge in [-0.15, -0.1) is 0 Å². The van der Waals surface area contributed by atoms with Crippen LogP contribution in [-0.4, -0.2) is 32.0 Å². The second kappa shape index (κ2) is 8.04. The predicted molar refractivity (Wildman–Crippen MR) is 66.5 cm³/mol. The van der Waals surface area contributed by atoms with Gasteiger partial charge in [-0.25, -0.2) is 0 Å². The Morgan fingerprint density at radius 1 is 1.31 bits per heavy atom. The second-order valence-electron chi connectivity index (χ2n) is 4.83. The molecule has 3 nitrogen and oxygen atoms in total. The molecule has 0 amide bonds. The average molecular weight is 229 g/mol. The van der Waals surface area contributed by atoms with Crippen LogP contribution in [0, 0.1) is 0 Å². The summed E-state index contributed by atoms with van der Waals surface area (Å²) in [5.41, 5.74) is 5.86. The monoisotopic (exact) mass is 229 g/mol. The van der Waals surface area contributed by atoms with Crippen LogP contribution < -0.4 is 5.73 Å². The molecule has 0 bridgehead atoms. The third-order valence-corrected chi connectivity index (χ3v) is 3.51. The summed E-state index contributed by atoms with van der Waals surface area (Å²) in [6.07, 6.45) is 8.74. The van der Waals surface area contributed by atoms with E-state index >= 15 is 0 Å². The topological polar surface area (TPSA) is 44.5 Å². The molecule has 1 saturated carbocycles. The Morgan fingerprint density at radius 3 is 2.75 bits per heavy atom. The molecule has 0 radical (unpaired) electrons. The van der Waals surface area contributed by atoms with Gasteiger partial charge >= 0.3 is 0 Å². The van der Waals surface area contributed by atoms with E-state index < -0.39 is 0 Å². The van der Waals surface area contributed by atoms with E-state index in [0.29, 0.717) is 18.2 Å². The fourth-order valence-corrected chi connectivity index (χ4v) is 2.27. The van der Waals surface area contributed by atoms with Gasteiger partial charge in [-0.05, 0) is 44.9 Å². The smallest absolute Gasteiger partial charge is 0.0599 e. The lowest BCUT2D eigenvalue weighted by molar-refractivity contribution is -0.0304. The van der Waals surface area contributed by atoms with Gasteiger partial charge in [0.05, 0.1) is 12.2 Å². The molecule has 1 fully saturated rings. The molecule has 0 heterocycles. The van der Waals surface area contributed by atoms with E-state index in [9.17, 15) is 0 Å². The van der Waals surface area contributed by atoms with Crippen LogP contribution in [0.5, 0.6) is 0 Å². The zero-order chi connectivity index (χ0) is 11.8. The van der Waals surface area contributed by atoms with Crippen LogP contribution in [0.1, 0.15) is 51.9 Å². The van der Waals surface area contributed by atoms with E-state index in [2.05, 4.69) is 6.92 Å². The Morgan fingerprint density at radius 2 is 2.06 bits per heavy atom. The fourth-order valence-electron chi connectivity index (χ4n) is 2.27. The van der Waals surface area contributed by atoms with Gasteiger partial charge in [0.25, 0.3) is 0 Å². The van der Waals surface area contributed by atoms with Crippen LogP contribution in [0.4, 0.5) is 0 Å². The number of methoxy groups -OCH3 is 1. The van der Waals surface area contributed by atoms with Crippen LogP contribution >= 0.6 is 0 Å². The zero-order valence-electron chi connectivity index (χ0n) is 10.8. The van der Waals surface area contributed by atoms with Crippen molar-refractivity contribution >= 4 is 0 Å². The van der Waals surface area contributed by atoms with Gasteiger partial charge in [0.1, 0.15) is 0 Å². The van der Waals surface area contributed by atoms with Gasteiger partial charge in [-0.3, -0.25) is 0 Å². The van der Waals surface area contributed by atoms with Crippen molar-refractivity contribution in [3.05, 3.63) is 0 Å². The molecule has 0 spiro atoms. The first-order chi connectivity index (χ1) is 7.76. The highest BCUT2D eigenvalue weighted by molar-refractivity contribution is 4.73. The fraction of sp³-hybridized carbons (Fsp3) is 1.00. The van der Waals surface area contributed by atoms with Gasteiger partial charge in [-0.2, -0.15) is 0 Å². The maximum absolute atomic E-state index is 5.87. The summed E-state index contributed by atoms with van der Waals surface area (Å²) in [5.74, 6) is 0. The molecule has 0 aliphatic heterocycles. The molecule has 3 heteroatoms. The van der Waals surface area contributed by atoms with E-state index in [1.165, 1.54) is 19.3 Å². The third-order valence-electron chi connectivity index (χ3n) is 3.51. The number of ether oxygens (including phenoxy) is 2. The van der Waals surface area contributed by atoms with E-state index in [1.54, 1.807) is 7.11 Å². The normalized spacial score (nSPS) is 27.9. The maximum Gasteiger partial charge on any atom is 0.0599 e. The number of nitrogens with two attached hydrogens (primary N) is 1. The van der Waals surface area contributed by atoms with Crippen LogP contribution in [0.15, 0.2) is 0 Å². The molecule has 0 aromatic heterocycles. The van der Waals surface area contributed by atoms with Crippen molar-refractivity contribution in [2.24, 2.45) is 5.73 Å². The number of hydrogen-bond acceptors (Lipinski definition) is 3. The first-order valence-corrected chi connectivity index (χ1v) is 6.66. The first kappa shape index (κ1) is 13.9. The van der Waals surface area contributed by atoms with Crippen LogP contribution in [0.3, 0.4) is 0 Å². The molecule has 3 atom stereocenters. The van der Waals surface area contributed by atoms with Crippen molar-refractivity contribution in [1.29, 1.82) is 0 Å². The molecule has 0 aromatic rings. The van der Waals surface area contributed by atoms with Crippen LogP contribution in [0.25, 0.3) is 0 Å². The summed E-state index contributed by atoms with van der Waals surface area (Å²) in [7, 11) is 1.80. The van der Waals surface area contributed by atoms with E-state index in [-0.39, 0.29) is 0 Å². The summed E-state index contributed by atoms with van der Waals surface area (Å²) in [6.45, 7) is 2.99. The van der Waals surface area contributed by atoms with Gasteiger partial charge in [0.15, 0.2) is 0 Å². The highest BCUT2D eigenvalue weighted by atomic mass is 16.5. The Kier molecular flexibility index (Phi) is 7.01. The van der Waals surface area contributed by atoms with Gasteiger partial charge in [-0.1, -0.05) is 6.92 Å². The van der Waals surface area contributed by atoms with Gasteiger partial charge in [0, 0.05) is 19.8 Å². The molecule has 0 saturated heterocycles. The summed E-state index contributed by atoms with van der Waals surface area (Å²) in [4.78, 5) is 0. The standard InChI is InChI=1S/C13H27NO2/c1-3-11(14)6-5-9-16-13-8-4-7-12(10-13)15-2/h11-13H,3-10,14H2,1-2H3. The lowest BCUT2D eigenvalue weighted by atomic mass is 9.95. The second-order valence-corrected chi connectivity index (χ2v) is 4.83. The van der Waals surface area contributed by atoms with Crippen molar-refractivity contribution < 1.29 is 9.47 Å². The van der Waals surface area contributed by atoms with E-state index in [1.807, 2.05) is 0 Å². The van der Waals surface area contributed by atoms with Crippen molar-refractivity contribution in [2.75, 3.05) is 13.7 Å². The van der Waals surface area contributed by atoms with Crippen molar-refractivity contribution in [1.82, 2.24) is 0 Å². The molecular weight excluding hydrogens is 202 g/mol.